The Bertz CT molecular complexity index is 664. The van der Waals surface area contributed by atoms with Crippen LogP contribution in [0.5, 0.6) is 0 Å². The minimum absolute atomic E-state index is 0.470. The zero-order valence-corrected chi connectivity index (χ0v) is 17.9. The van der Waals surface area contributed by atoms with Gasteiger partial charge < -0.3 is 15.2 Å². The standard InChI is InChI=1S/C21H37N7/c1-16(2)15-28-12-10-19(11-13-28)24-21(23-18-8-6-5-7-9-18)22-14-20-26-25-17(3)27(20)4/h18-19H,1,5-15H2,2-4H3,(H2,22,23,24). The van der Waals surface area contributed by atoms with Gasteiger partial charge in [0.2, 0.25) is 0 Å². The highest BCUT2D eigenvalue weighted by molar-refractivity contribution is 5.80. The van der Waals surface area contributed by atoms with E-state index in [1.54, 1.807) is 0 Å². The van der Waals surface area contributed by atoms with Crippen LogP contribution < -0.4 is 10.6 Å². The number of hydrogen-bond donors (Lipinski definition) is 2. The van der Waals surface area contributed by atoms with Gasteiger partial charge in [0.05, 0.1) is 0 Å². The SMILES string of the molecule is C=C(C)CN1CCC(NC(=NCc2nnc(C)n2C)NC2CCCCC2)CC1. The second kappa shape index (κ2) is 10.0. The fourth-order valence-electron chi connectivity index (χ4n) is 4.12. The fourth-order valence-corrected chi connectivity index (χ4v) is 4.12. The topological polar surface area (TPSA) is 70.4 Å². The van der Waals surface area contributed by atoms with Crippen LogP contribution in [-0.4, -0.2) is 57.3 Å². The van der Waals surface area contributed by atoms with Gasteiger partial charge in [0.15, 0.2) is 11.8 Å². The van der Waals surface area contributed by atoms with E-state index in [0.717, 1.165) is 50.1 Å². The molecule has 156 valence electrons. The Morgan fingerprint density at radius 2 is 1.71 bits per heavy atom. The van der Waals surface area contributed by atoms with E-state index in [9.17, 15) is 0 Å². The Kier molecular flexibility index (Phi) is 7.48. The third-order valence-electron chi connectivity index (χ3n) is 5.93. The predicted molar refractivity (Wildman–Crippen MR) is 114 cm³/mol. The maximum Gasteiger partial charge on any atom is 0.192 e. The van der Waals surface area contributed by atoms with Crippen molar-refractivity contribution in [2.45, 2.75) is 77.4 Å². The molecule has 2 aliphatic rings. The molecule has 28 heavy (non-hydrogen) atoms. The van der Waals surface area contributed by atoms with Gasteiger partial charge in [-0.25, -0.2) is 4.99 Å². The van der Waals surface area contributed by atoms with Gasteiger partial charge in [0.25, 0.3) is 0 Å². The smallest absolute Gasteiger partial charge is 0.192 e. The van der Waals surface area contributed by atoms with Crippen LogP contribution in [0.2, 0.25) is 0 Å². The number of rotatable bonds is 6. The highest BCUT2D eigenvalue weighted by Gasteiger charge is 2.22. The number of aromatic nitrogens is 3. The summed E-state index contributed by atoms with van der Waals surface area (Å²) >= 11 is 0. The Morgan fingerprint density at radius 3 is 2.29 bits per heavy atom. The van der Waals surface area contributed by atoms with Crippen LogP contribution in [0.3, 0.4) is 0 Å². The monoisotopic (exact) mass is 387 g/mol. The van der Waals surface area contributed by atoms with Crippen LogP contribution in [0.4, 0.5) is 0 Å². The second-order valence-corrected chi connectivity index (χ2v) is 8.52. The third-order valence-corrected chi connectivity index (χ3v) is 5.93. The highest BCUT2D eigenvalue weighted by atomic mass is 15.3. The molecule has 2 N–H and O–H groups in total. The Labute approximate surface area is 169 Å². The zero-order chi connectivity index (χ0) is 19.9. The first-order valence-corrected chi connectivity index (χ1v) is 10.8. The summed E-state index contributed by atoms with van der Waals surface area (Å²) < 4.78 is 2.01. The second-order valence-electron chi connectivity index (χ2n) is 8.52. The molecule has 7 nitrogen and oxygen atoms in total. The molecular weight excluding hydrogens is 350 g/mol. The van der Waals surface area contributed by atoms with Crippen LogP contribution in [0.25, 0.3) is 0 Å². The van der Waals surface area contributed by atoms with Gasteiger partial charge in [0, 0.05) is 38.8 Å². The maximum absolute atomic E-state index is 4.87. The number of guanidine groups is 1. The van der Waals surface area contributed by atoms with E-state index in [0.29, 0.717) is 18.6 Å². The lowest BCUT2D eigenvalue weighted by molar-refractivity contribution is 0.220. The molecule has 1 aliphatic heterocycles. The Hall–Kier alpha value is -1.89. The summed E-state index contributed by atoms with van der Waals surface area (Å²) in [5.74, 6) is 2.76. The largest absolute Gasteiger partial charge is 0.354 e. The normalized spacial score (nSPS) is 20.3. The van der Waals surface area contributed by atoms with Crippen molar-refractivity contribution in [2.24, 2.45) is 12.0 Å². The molecular formula is C21H37N7. The molecule has 0 aromatic carbocycles. The van der Waals surface area contributed by atoms with Crippen LogP contribution in [0.1, 0.15) is 63.5 Å². The number of aliphatic imine (C=N–C) groups is 1. The number of likely N-dealkylation sites (tertiary alicyclic amines) is 1. The average Bonchev–Trinajstić information content (AvgIpc) is 3.00. The molecule has 1 aromatic heterocycles. The van der Waals surface area contributed by atoms with Crippen molar-refractivity contribution in [1.29, 1.82) is 0 Å². The third kappa shape index (κ3) is 6.06. The van der Waals surface area contributed by atoms with Gasteiger partial charge in [0.1, 0.15) is 12.4 Å². The summed E-state index contributed by atoms with van der Waals surface area (Å²) in [5.41, 5.74) is 1.24. The van der Waals surface area contributed by atoms with E-state index in [-0.39, 0.29) is 0 Å². The van der Waals surface area contributed by atoms with Gasteiger partial charge in [-0.15, -0.1) is 10.2 Å². The van der Waals surface area contributed by atoms with E-state index in [2.05, 4.69) is 39.2 Å². The lowest BCUT2D eigenvalue weighted by atomic mass is 9.95. The van der Waals surface area contributed by atoms with E-state index < -0.39 is 0 Å². The lowest BCUT2D eigenvalue weighted by Crippen LogP contribution is -2.51. The molecule has 3 rings (SSSR count). The Balaban J connectivity index is 1.60. The first-order chi connectivity index (χ1) is 13.5. The first kappa shape index (κ1) is 20.8. The predicted octanol–water partition coefficient (Wildman–Crippen LogP) is 2.53. The zero-order valence-electron chi connectivity index (χ0n) is 17.9. The molecule has 1 saturated heterocycles. The molecule has 1 saturated carbocycles. The van der Waals surface area contributed by atoms with Crippen molar-refractivity contribution in [2.75, 3.05) is 19.6 Å². The summed E-state index contributed by atoms with van der Waals surface area (Å²) in [7, 11) is 2.00. The van der Waals surface area contributed by atoms with Gasteiger partial charge in [-0.2, -0.15) is 0 Å². The molecule has 1 aliphatic carbocycles. The number of nitrogens with one attached hydrogen (secondary N) is 2. The van der Waals surface area contributed by atoms with Crippen LogP contribution in [0.15, 0.2) is 17.1 Å². The molecule has 0 radical (unpaired) electrons. The molecule has 2 fully saturated rings. The van der Waals surface area contributed by atoms with E-state index >= 15 is 0 Å². The van der Waals surface area contributed by atoms with Gasteiger partial charge in [-0.1, -0.05) is 31.4 Å². The van der Waals surface area contributed by atoms with Crippen molar-refractivity contribution in [3.63, 3.8) is 0 Å². The lowest BCUT2D eigenvalue weighted by Gasteiger charge is -2.34. The summed E-state index contributed by atoms with van der Waals surface area (Å²) in [4.78, 5) is 7.36. The molecule has 0 bridgehead atoms. The molecule has 0 unspecified atom stereocenters. The van der Waals surface area contributed by atoms with Crippen molar-refractivity contribution >= 4 is 5.96 Å². The van der Waals surface area contributed by atoms with Crippen LogP contribution in [-0.2, 0) is 13.6 Å². The average molecular weight is 388 g/mol. The summed E-state index contributed by atoms with van der Waals surface area (Å²) in [6, 6.07) is 1.00. The van der Waals surface area contributed by atoms with E-state index in [1.165, 1.54) is 37.7 Å². The first-order valence-electron chi connectivity index (χ1n) is 10.8. The molecule has 0 spiro atoms. The number of hydrogen-bond acceptors (Lipinski definition) is 4. The quantitative estimate of drug-likeness (QED) is 0.446. The number of aryl methyl sites for hydroxylation is 1. The number of nitrogens with zero attached hydrogens (tertiary/aromatic N) is 5. The molecule has 1 aromatic rings. The van der Waals surface area contributed by atoms with Gasteiger partial charge in [-0.05, 0) is 39.5 Å². The van der Waals surface area contributed by atoms with E-state index in [1.807, 2.05) is 18.5 Å². The van der Waals surface area contributed by atoms with Crippen molar-refractivity contribution in [1.82, 2.24) is 30.3 Å². The Morgan fingerprint density at radius 1 is 1.07 bits per heavy atom. The number of piperidine rings is 1. The van der Waals surface area contributed by atoms with Crippen LogP contribution in [0, 0.1) is 6.92 Å². The minimum atomic E-state index is 0.470. The van der Waals surface area contributed by atoms with Crippen molar-refractivity contribution in [3.05, 3.63) is 23.8 Å². The molecule has 7 heteroatoms. The summed E-state index contributed by atoms with van der Waals surface area (Å²) in [6.45, 7) is 11.9. The van der Waals surface area contributed by atoms with E-state index in [4.69, 9.17) is 4.99 Å². The molecule has 0 atom stereocenters. The van der Waals surface area contributed by atoms with Crippen molar-refractivity contribution < 1.29 is 0 Å². The van der Waals surface area contributed by atoms with Gasteiger partial charge >= 0.3 is 0 Å². The molecule has 0 amide bonds. The van der Waals surface area contributed by atoms with Gasteiger partial charge in [-0.3, -0.25) is 4.90 Å². The molecule has 2 heterocycles. The highest BCUT2D eigenvalue weighted by Crippen LogP contribution is 2.18. The summed E-state index contributed by atoms with van der Waals surface area (Å²) in [5, 5.41) is 15.8. The maximum atomic E-state index is 4.87. The summed E-state index contributed by atoms with van der Waals surface area (Å²) in [6.07, 6.45) is 8.74. The van der Waals surface area contributed by atoms with Crippen molar-refractivity contribution in [3.8, 4) is 0 Å². The fraction of sp³-hybridized carbons (Fsp3) is 0.762. The van der Waals surface area contributed by atoms with Crippen LogP contribution >= 0.6 is 0 Å². The minimum Gasteiger partial charge on any atom is -0.354 e.